The Balaban J connectivity index is 2.09. The van der Waals surface area contributed by atoms with E-state index in [0.29, 0.717) is 0 Å². The third-order valence-corrected chi connectivity index (χ3v) is 4.14. The van der Waals surface area contributed by atoms with Gasteiger partial charge in [0.15, 0.2) is 0 Å². The number of rotatable bonds is 5. The van der Waals surface area contributed by atoms with E-state index in [0.717, 1.165) is 36.1 Å². The fourth-order valence-electron chi connectivity index (χ4n) is 2.71. The molecule has 0 amide bonds. The molecule has 3 nitrogen and oxygen atoms in total. The molecule has 1 saturated carbocycles. The fourth-order valence-corrected chi connectivity index (χ4v) is 2.71. The predicted octanol–water partition coefficient (Wildman–Crippen LogP) is 2.96. The Kier molecular flexibility index (Phi) is 3.93. The number of ether oxygens (including phenoxy) is 2. The molecule has 0 aromatic heterocycles. The summed E-state index contributed by atoms with van der Waals surface area (Å²) in [6, 6.07) is 6.20. The van der Waals surface area contributed by atoms with Gasteiger partial charge in [-0.1, -0.05) is 12.1 Å². The molecule has 0 saturated heterocycles. The lowest BCUT2D eigenvalue weighted by Gasteiger charge is -2.42. The molecule has 0 radical (unpaired) electrons. The van der Waals surface area contributed by atoms with Gasteiger partial charge in [-0.15, -0.1) is 0 Å². The molecule has 0 bridgehead atoms. The van der Waals surface area contributed by atoms with E-state index in [1.165, 1.54) is 6.42 Å². The minimum atomic E-state index is 0.0211. The zero-order valence-electron chi connectivity index (χ0n) is 11.5. The lowest BCUT2D eigenvalue weighted by Crippen LogP contribution is -2.41. The number of methoxy groups -OCH3 is 2. The monoisotopic (exact) mass is 249 g/mol. The van der Waals surface area contributed by atoms with Gasteiger partial charge in [-0.2, -0.15) is 0 Å². The maximum absolute atomic E-state index is 6.31. The van der Waals surface area contributed by atoms with Crippen LogP contribution in [-0.2, 0) is 4.74 Å². The van der Waals surface area contributed by atoms with Gasteiger partial charge in [-0.3, -0.25) is 0 Å². The van der Waals surface area contributed by atoms with Gasteiger partial charge >= 0.3 is 0 Å². The van der Waals surface area contributed by atoms with Crippen LogP contribution < -0.4 is 10.5 Å². The highest BCUT2D eigenvalue weighted by atomic mass is 16.5. The third kappa shape index (κ3) is 2.52. The highest BCUT2D eigenvalue weighted by Gasteiger charge is 2.38. The quantitative estimate of drug-likeness (QED) is 0.872. The summed E-state index contributed by atoms with van der Waals surface area (Å²) in [6.07, 6.45) is 4.41. The topological polar surface area (TPSA) is 44.5 Å². The van der Waals surface area contributed by atoms with Crippen molar-refractivity contribution in [2.24, 2.45) is 5.73 Å². The first-order chi connectivity index (χ1) is 8.60. The molecule has 100 valence electrons. The fraction of sp³-hybridized carbons (Fsp3) is 0.600. The van der Waals surface area contributed by atoms with Crippen molar-refractivity contribution >= 4 is 0 Å². The van der Waals surface area contributed by atoms with Crippen LogP contribution in [0.5, 0.6) is 5.75 Å². The maximum atomic E-state index is 6.31. The first-order valence-corrected chi connectivity index (χ1v) is 6.55. The van der Waals surface area contributed by atoms with Crippen LogP contribution in [0.15, 0.2) is 18.2 Å². The molecule has 1 aromatic carbocycles. The van der Waals surface area contributed by atoms with E-state index in [2.05, 4.69) is 12.1 Å². The standard InChI is InChI=1S/C15H23NO2/c1-11-9-12(5-6-14(11)17-2)13(16)10-15(18-3)7-4-8-15/h5-6,9,13H,4,7-8,10,16H2,1-3H3. The van der Waals surface area contributed by atoms with E-state index in [-0.39, 0.29) is 11.6 Å². The normalized spacial score (nSPS) is 19.1. The summed E-state index contributed by atoms with van der Waals surface area (Å²) in [4.78, 5) is 0. The summed E-state index contributed by atoms with van der Waals surface area (Å²) < 4.78 is 10.9. The van der Waals surface area contributed by atoms with Crippen LogP contribution in [0.4, 0.5) is 0 Å². The van der Waals surface area contributed by atoms with E-state index in [1.54, 1.807) is 14.2 Å². The van der Waals surface area contributed by atoms with Crippen molar-refractivity contribution in [1.82, 2.24) is 0 Å². The molecule has 3 heteroatoms. The lowest BCUT2D eigenvalue weighted by atomic mass is 9.75. The summed E-state index contributed by atoms with van der Waals surface area (Å²) in [7, 11) is 3.49. The van der Waals surface area contributed by atoms with E-state index in [9.17, 15) is 0 Å². The molecule has 1 aliphatic rings. The molecule has 0 heterocycles. The largest absolute Gasteiger partial charge is 0.496 e. The zero-order valence-corrected chi connectivity index (χ0v) is 11.5. The molecule has 18 heavy (non-hydrogen) atoms. The summed E-state index contributed by atoms with van der Waals surface area (Å²) in [5, 5.41) is 0. The Labute approximate surface area is 109 Å². The molecule has 2 N–H and O–H groups in total. The minimum Gasteiger partial charge on any atom is -0.496 e. The number of aryl methyl sites for hydroxylation is 1. The smallest absolute Gasteiger partial charge is 0.121 e. The summed E-state index contributed by atoms with van der Waals surface area (Å²) in [5.74, 6) is 0.913. The van der Waals surface area contributed by atoms with Crippen molar-refractivity contribution < 1.29 is 9.47 Å². The second-order valence-electron chi connectivity index (χ2n) is 5.28. The second kappa shape index (κ2) is 5.29. The molecule has 1 aromatic rings. The number of benzene rings is 1. The van der Waals surface area contributed by atoms with Crippen molar-refractivity contribution in [3.63, 3.8) is 0 Å². The van der Waals surface area contributed by atoms with Gasteiger partial charge in [0.05, 0.1) is 12.7 Å². The highest BCUT2D eigenvalue weighted by molar-refractivity contribution is 5.37. The molecule has 1 unspecified atom stereocenters. The molecule has 0 spiro atoms. The first-order valence-electron chi connectivity index (χ1n) is 6.55. The minimum absolute atomic E-state index is 0.0211. The molecular weight excluding hydrogens is 226 g/mol. The molecule has 1 aliphatic carbocycles. The Bertz CT molecular complexity index is 407. The number of hydrogen-bond donors (Lipinski definition) is 1. The van der Waals surface area contributed by atoms with Crippen molar-refractivity contribution in [1.29, 1.82) is 0 Å². The van der Waals surface area contributed by atoms with Gasteiger partial charge in [0, 0.05) is 13.2 Å². The molecule has 2 rings (SSSR count). The Hall–Kier alpha value is -1.06. The van der Waals surface area contributed by atoms with Crippen LogP contribution in [0.25, 0.3) is 0 Å². The Morgan fingerprint density at radius 2 is 2.06 bits per heavy atom. The third-order valence-electron chi connectivity index (χ3n) is 4.14. The van der Waals surface area contributed by atoms with E-state index >= 15 is 0 Å². The van der Waals surface area contributed by atoms with Crippen LogP contribution in [-0.4, -0.2) is 19.8 Å². The zero-order chi connectivity index (χ0) is 13.2. The number of hydrogen-bond acceptors (Lipinski definition) is 3. The lowest BCUT2D eigenvalue weighted by molar-refractivity contribution is -0.0817. The second-order valence-corrected chi connectivity index (χ2v) is 5.28. The van der Waals surface area contributed by atoms with Crippen LogP contribution in [0.2, 0.25) is 0 Å². The molecule has 0 aliphatic heterocycles. The van der Waals surface area contributed by atoms with Crippen molar-refractivity contribution in [3.05, 3.63) is 29.3 Å². The maximum Gasteiger partial charge on any atom is 0.121 e. The van der Waals surface area contributed by atoms with Crippen LogP contribution in [0, 0.1) is 6.92 Å². The predicted molar refractivity (Wildman–Crippen MR) is 72.9 cm³/mol. The van der Waals surface area contributed by atoms with Gasteiger partial charge in [0.25, 0.3) is 0 Å². The summed E-state index contributed by atoms with van der Waals surface area (Å²) >= 11 is 0. The van der Waals surface area contributed by atoms with Gasteiger partial charge in [-0.05, 0) is 49.8 Å². The van der Waals surface area contributed by atoms with Gasteiger partial charge in [0.1, 0.15) is 5.75 Å². The van der Waals surface area contributed by atoms with Gasteiger partial charge in [0.2, 0.25) is 0 Å². The van der Waals surface area contributed by atoms with Gasteiger partial charge < -0.3 is 15.2 Å². The average molecular weight is 249 g/mol. The van der Waals surface area contributed by atoms with E-state index in [4.69, 9.17) is 15.2 Å². The van der Waals surface area contributed by atoms with Crippen molar-refractivity contribution in [3.8, 4) is 5.75 Å². The Morgan fingerprint density at radius 3 is 2.50 bits per heavy atom. The molecule has 1 fully saturated rings. The van der Waals surface area contributed by atoms with Crippen molar-refractivity contribution in [2.45, 2.75) is 44.2 Å². The van der Waals surface area contributed by atoms with E-state index in [1.807, 2.05) is 13.0 Å². The number of nitrogens with two attached hydrogens (primary N) is 1. The van der Waals surface area contributed by atoms with Crippen LogP contribution >= 0.6 is 0 Å². The molecule has 1 atom stereocenters. The van der Waals surface area contributed by atoms with E-state index < -0.39 is 0 Å². The summed E-state index contributed by atoms with van der Waals surface area (Å²) in [6.45, 7) is 2.05. The Morgan fingerprint density at radius 1 is 1.33 bits per heavy atom. The van der Waals surface area contributed by atoms with Crippen LogP contribution in [0.3, 0.4) is 0 Å². The van der Waals surface area contributed by atoms with Crippen LogP contribution in [0.1, 0.15) is 42.9 Å². The molecular formula is C15H23NO2. The first kappa shape index (κ1) is 13.4. The summed E-state index contributed by atoms with van der Waals surface area (Å²) in [5.41, 5.74) is 8.62. The SMILES string of the molecule is COc1ccc(C(N)CC2(OC)CCC2)cc1C. The highest BCUT2D eigenvalue weighted by Crippen LogP contribution is 2.41. The van der Waals surface area contributed by atoms with Crippen molar-refractivity contribution in [2.75, 3.05) is 14.2 Å². The average Bonchev–Trinajstić information content (AvgIpc) is 2.33. The van der Waals surface area contributed by atoms with Gasteiger partial charge in [-0.25, -0.2) is 0 Å².